The lowest BCUT2D eigenvalue weighted by Gasteiger charge is -2.05. The first-order valence-corrected chi connectivity index (χ1v) is 4.13. The van der Waals surface area contributed by atoms with Gasteiger partial charge in [-0.15, -0.1) is 0 Å². The Morgan fingerprint density at radius 3 is 2.59 bits per heavy atom. The zero-order valence-electron chi connectivity index (χ0n) is 8.39. The second-order valence-corrected chi connectivity index (χ2v) is 2.82. The summed E-state index contributed by atoms with van der Waals surface area (Å²) in [5, 5.41) is 19.1. The molecule has 9 heteroatoms. The Hall–Kier alpha value is -2.32. The fourth-order valence-electron chi connectivity index (χ4n) is 1.12. The SMILES string of the molecule is COc1cc(C(F)F)c(C(=O)O)nc1[N+](=O)[O-]. The average Bonchev–Trinajstić information content (AvgIpc) is 2.26. The van der Waals surface area contributed by atoms with Gasteiger partial charge in [-0.05, 0) is 9.91 Å². The van der Waals surface area contributed by atoms with Gasteiger partial charge >= 0.3 is 11.8 Å². The van der Waals surface area contributed by atoms with Crippen LogP contribution in [0.4, 0.5) is 14.6 Å². The molecule has 0 saturated heterocycles. The molecule has 0 spiro atoms. The molecule has 0 aromatic carbocycles. The fourth-order valence-corrected chi connectivity index (χ4v) is 1.12. The largest absolute Gasteiger partial charge is 0.489 e. The van der Waals surface area contributed by atoms with Crippen LogP contribution < -0.4 is 4.74 Å². The van der Waals surface area contributed by atoms with Crippen LogP contribution in [0, 0.1) is 10.1 Å². The fraction of sp³-hybridized carbons (Fsp3) is 0.250. The number of nitro groups is 1. The maximum absolute atomic E-state index is 12.5. The van der Waals surface area contributed by atoms with Crippen molar-refractivity contribution in [1.29, 1.82) is 0 Å². The molecule has 1 aromatic rings. The number of carboxylic acids is 1. The van der Waals surface area contributed by atoms with Gasteiger partial charge in [0.1, 0.15) is 0 Å². The molecule has 92 valence electrons. The van der Waals surface area contributed by atoms with E-state index in [1.54, 1.807) is 0 Å². The molecule has 0 amide bonds. The number of carboxylic acid groups (broad SMARTS) is 1. The van der Waals surface area contributed by atoms with Crippen molar-refractivity contribution in [2.75, 3.05) is 7.11 Å². The monoisotopic (exact) mass is 248 g/mol. The molecule has 7 nitrogen and oxygen atoms in total. The zero-order chi connectivity index (χ0) is 13.2. The van der Waals surface area contributed by atoms with Gasteiger partial charge in [0.05, 0.1) is 12.7 Å². The van der Waals surface area contributed by atoms with Crippen molar-refractivity contribution in [3.8, 4) is 5.75 Å². The predicted octanol–water partition coefficient (Wildman–Crippen LogP) is 1.63. The molecule has 0 fully saturated rings. The summed E-state index contributed by atoms with van der Waals surface area (Å²) in [7, 11) is 1.03. The van der Waals surface area contributed by atoms with Gasteiger partial charge in [0.15, 0.2) is 0 Å². The molecular weight excluding hydrogens is 242 g/mol. The highest BCUT2D eigenvalue weighted by Crippen LogP contribution is 2.31. The normalized spacial score (nSPS) is 10.4. The Labute approximate surface area is 92.8 Å². The summed E-state index contributed by atoms with van der Waals surface area (Å²) in [5.41, 5.74) is -1.99. The van der Waals surface area contributed by atoms with Crippen molar-refractivity contribution in [2.24, 2.45) is 0 Å². The van der Waals surface area contributed by atoms with Crippen molar-refractivity contribution in [2.45, 2.75) is 6.43 Å². The van der Waals surface area contributed by atoms with Crippen LogP contribution in [0.3, 0.4) is 0 Å². The number of nitrogens with zero attached hydrogens (tertiary/aromatic N) is 2. The highest BCUT2D eigenvalue weighted by atomic mass is 19.3. The Morgan fingerprint density at radius 1 is 1.65 bits per heavy atom. The first-order valence-electron chi connectivity index (χ1n) is 4.13. The molecule has 1 heterocycles. The number of aromatic nitrogens is 1. The van der Waals surface area contributed by atoms with E-state index in [0.717, 1.165) is 7.11 Å². The third kappa shape index (κ3) is 2.44. The van der Waals surface area contributed by atoms with Gasteiger partial charge in [-0.2, -0.15) is 0 Å². The minimum Gasteiger partial charge on any atom is -0.489 e. The molecule has 0 atom stereocenters. The van der Waals surface area contributed by atoms with Crippen LogP contribution in [0.15, 0.2) is 6.07 Å². The van der Waals surface area contributed by atoms with Crippen molar-refractivity contribution < 1.29 is 28.3 Å². The average molecular weight is 248 g/mol. The third-order valence-corrected chi connectivity index (χ3v) is 1.83. The lowest BCUT2D eigenvalue weighted by atomic mass is 10.2. The van der Waals surface area contributed by atoms with Gasteiger partial charge in [-0.1, -0.05) is 0 Å². The number of ether oxygens (including phenoxy) is 1. The lowest BCUT2D eigenvalue weighted by Crippen LogP contribution is -2.09. The zero-order valence-corrected chi connectivity index (χ0v) is 8.39. The van der Waals surface area contributed by atoms with E-state index >= 15 is 0 Å². The summed E-state index contributed by atoms with van der Waals surface area (Å²) in [4.78, 5) is 23.2. The highest BCUT2D eigenvalue weighted by molar-refractivity contribution is 5.88. The number of pyridine rings is 1. The highest BCUT2D eigenvalue weighted by Gasteiger charge is 2.30. The Morgan fingerprint density at radius 2 is 2.24 bits per heavy atom. The summed E-state index contributed by atoms with van der Waals surface area (Å²) in [6.07, 6.45) is -3.12. The van der Waals surface area contributed by atoms with Gasteiger partial charge in [0.25, 0.3) is 12.1 Å². The smallest absolute Gasteiger partial charge is 0.407 e. The molecule has 1 aromatic heterocycles. The van der Waals surface area contributed by atoms with Gasteiger partial charge in [-0.25, -0.2) is 13.6 Å². The second kappa shape index (κ2) is 4.68. The number of carbonyl (C=O) groups is 1. The van der Waals surface area contributed by atoms with Crippen LogP contribution in [0.1, 0.15) is 22.5 Å². The van der Waals surface area contributed by atoms with Gasteiger partial charge < -0.3 is 20.0 Å². The van der Waals surface area contributed by atoms with Crippen molar-refractivity contribution in [3.63, 3.8) is 0 Å². The van der Waals surface area contributed by atoms with Crippen LogP contribution in [0.5, 0.6) is 5.75 Å². The maximum atomic E-state index is 12.5. The number of alkyl halides is 2. The Bertz CT molecular complexity index is 477. The van der Waals surface area contributed by atoms with E-state index in [-0.39, 0.29) is 0 Å². The van der Waals surface area contributed by atoms with E-state index in [9.17, 15) is 23.7 Å². The van der Waals surface area contributed by atoms with E-state index < -0.39 is 40.1 Å². The lowest BCUT2D eigenvalue weighted by molar-refractivity contribution is -0.390. The van der Waals surface area contributed by atoms with Crippen molar-refractivity contribution in [1.82, 2.24) is 4.98 Å². The summed E-state index contributed by atoms with van der Waals surface area (Å²) in [6, 6.07) is 0.596. The molecule has 0 aliphatic rings. The summed E-state index contributed by atoms with van der Waals surface area (Å²) < 4.78 is 29.5. The van der Waals surface area contributed by atoms with Gasteiger partial charge in [-0.3, -0.25) is 0 Å². The van der Waals surface area contributed by atoms with Crippen LogP contribution in [-0.2, 0) is 0 Å². The number of rotatable bonds is 4. The number of halogens is 2. The second-order valence-electron chi connectivity index (χ2n) is 2.82. The molecule has 0 saturated carbocycles. The number of methoxy groups -OCH3 is 1. The topological polar surface area (TPSA) is 103 Å². The number of aromatic carboxylic acids is 1. The summed E-state index contributed by atoms with van der Waals surface area (Å²) in [5.74, 6) is -3.21. The number of hydrogen-bond donors (Lipinski definition) is 1. The van der Waals surface area contributed by atoms with Gasteiger partial charge in [0.2, 0.25) is 5.75 Å². The molecule has 0 radical (unpaired) electrons. The predicted molar refractivity (Wildman–Crippen MR) is 49.4 cm³/mol. The van der Waals surface area contributed by atoms with E-state index in [2.05, 4.69) is 9.72 Å². The van der Waals surface area contributed by atoms with Crippen LogP contribution in [-0.4, -0.2) is 28.1 Å². The van der Waals surface area contributed by atoms with Crippen LogP contribution in [0.2, 0.25) is 0 Å². The quantitative estimate of drug-likeness (QED) is 0.641. The molecule has 0 bridgehead atoms. The Kier molecular flexibility index (Phi) is 3.51. The molecular formula is C8H6F2N2O5. The number of hydrogen-bond acceptors (Lipinski definition) is 5. The standard InChI is InChI=1S/C8H6F2N2O5/c1-17-4-2-3(6(9)10)5(8(13)14)11-7(4)12(15)16/h2,6H,1H3,(H,13,14). The van der Waals surface area contributed by atoms with E-state index in [0.29, 0.717) is 6.07 Å². The maximum Gasteiger partial charge on any atom is 0.407 e. The minimum absolute atomic E-state index is 0.518. The van der Waals surface area contributed by atoms with E-state index in [1.165, 1.54) is 0 Å². The van der Waals surface area contributed by atoms with Gasteiger partial charge in [0, 0.05) is 6.07 Å². The minimum atomic E-state index is -3.12. The van der Waals surface area contributed by atoms with Crippen LogP contribution in [0.25, 0.3) is 0 Å². The van der Waals surface area contributed by atoms with Crippen molar-refractivity contribution >= 4 is 11.8 Å². The molecule has 1 rings (SSSR count). The first-order chi connectivity index (χ1) is 7.88. The first kappa shape index (κ1) is 12.7. The van der Waals surface area contributed by atoms with E-state index in [1.807, 2.05) is 0 Å². The molecule has 0 unspecified atom stereocenters. The molecule has 0 aliphatic carbocycles. The molecule has 1 N–H and O–H groups in total. The Balaban J connectivity index is 3.53. The molecule has 0 aliphatic heterocycles. The summed E-state index contributed by atoms with van der Waals surface area (Å²) in [6.45, 7) is 0. The van der Waals surface area contributed by atoms with Crippen LogP contribution >= 0.6 is 0 Å². The van der Waals surface area contributed by atoms with Crippen molar-refractivity contribution in [3.05, 3.63) is 27.4 Å². The third-order valence-electron chi connectivity index (χ3n) is 1.83. The van der Waals surface area contributed by atoms with E-state index in [4.69, 9.17) is 5.11 Å². The molecule has 17 heavy (non-hydrogen) atoms. The summed E-state index contributed by atoms with van der Waals surface area (Å²) >= 11 is 0.